The van der Waals surface area contributed by atoms with Gasteiger partial charge in [0.25, 0.3) is 0 Å². The number of hydrogen-bond donors (Lipinski definition) is 0. The van der Waals surface area contributed by atoms with E-state index in [1.165, 1.54) is 0 Å². The molecule has 0 amide bonds. The van der Waals surface area contributed by atoms with E-state index in [1.54, 1.807) is 10.4 Å². The van der Waals surface area contributed by atoms with Crippen molar-refractivity contribution < 1.29 is 8.42 Å². The fraction of sp³-hybridized carbons (Fsp3) is 0.625. The zero-order valence-electron chi connectivity index (χ0n) is 13.0. The average molecular weight is 330 g/mol. The Balaban J connectivity index is 2.32. The van der Waals surface area contributed by atoms with E-state index < -0.39 is 10.0 Å². The highest BCUT2D eigenvalue weighted by atomic mass is 35.5. The van der Waals surface area contributed by atoms with Crippen molar-refractivity contribution in [3.63, 3.8) is 0 Å². The highest BCUT2D eigenvalue weighted by Gasteiger charge is 2.33. The van der Waals surface area contributed by atoms with Crippen LogP contribution < -0.4 is 0 Å². The summed E-state index contributed by atoms with van der Waals surface area (Å²) in [5.74, 6) is 0.843. The zero-order chi connectivity index (χ0) is 15.6. The molecule has 0 aliphatic carbocycles. The molecule has 1 atom stereocenters. The number of alkyl halides is 1. The van der Waals surface area contributed by atoms with E-state index in [4.69, 9.17) is 11.6 Å². The summed E-state index contributed by atoms with van der Waals surface area (Å²) in [5.41, 5.74) is 2.75. The van der Waals surface area contributed by atoms with Crippen LogP contribution in [0.4, 0.5) is 0 Å². The summed E-state index contributed by atoms with van der Waals surface area (Å²) in [4.78, 5) is 0.417. The number of halogens is 1. The lowest BCUT2D eigenvalue weighted by Crippen LogP contribution is -2.29. The molecule has 0 radical (unpaired) electrons. The summed E-state index contributed by atoms with van der Waals surface area (Å²) in [6.07, 6.45) is 3.19. The fourth-order valence-electron chi connectivity index (χ4n) is 3.09. The smallest absolute Gasteiger partial charge is 0.207 e. The van der Waals surface area contributed by atoms with Crippen LogP contribution in [0.2, 0.25) is 0 Å². The van der Waals surface area contributed by atoms with E-state index in [-0.39, 0.29) is 0 Å². The molecule has 2 rings (SSSR count). The number of hydrogen-bond acceptors (Lipinski definition) is 2. The van der Waals surface area contributed by atoms with Crippen molar-refractivity contribution in [2.45, 2.75) is 50.8 Å². The first-order valence-electron chi connectivity index (χ1n) is 7.56. The maximum absolute atomic E-state index is 12.9. The molecular weight excluding hydrogens is 306 g/mol. The Labute approximate surface area is 133 Å². The van der Waals surface area contributed by atoms with Gasteiger partial charge in [-0.05, 0) is 55.4 Å². The van der Waals surface area contributed by atoms with Crippen LogP contribution in [0.15, 0.2) is 17.0 Å². The van der Waals surface area contributed by atoms with Gasteiger partial charge in [-0.15, -0.1) is 11.6 Å². The second-order valence-corrected chi connectivity index (χ2v) is 8.16. The van der Waals surface area contributed by atoms with Crippen LogP contribution in [-0.2, 0) is 15.9 Å². The van der Waals surface area contributed by atoms with E-state index in [0.29, 0.717) is 29.8 Å². The summed E-state index contributed by atoms with van der Waals surface area (Å²) < 4.78 is 27.4. The average Bonchev–Trinajstić information content (AvgIpc) is 2.88. The van der Waals surface area contributed by atoms with Crippen LogP contribution in [0, 0.1) is 19.8 Å². The van der Waals surface area contributed by atoms with Gasteiger partial charge in [-0.1, -0.05) is 19.4 Å². The van der Waals surface area contributed by atoms with Crippen LogP contribution in [0.5, 0.6) is 0 Å². The normalized spacial score (nSPS) is 20.1. The fourth-order valence-corrected chi connectivity index (χ4v) is 5.17. The van der Waals surface area contributed by atoms with Crippen LogP contribution in [0.3, 0.4) is 0 Å². The Kier molecular flexibility index (Phi) is 5.33. The van der Waals surface area contributed by atoms with Crippen molar-refractivity contribution in [3.05, 3.63) is 28.8 Å². The van der Waals surface area contributed by atoms with Crippen molar-refractivity contribution >= 4 is 21.6 Å². The van der Waals surface area contributed by atoms with E-state index >= 15 is 0 Å². The third-order valence-corrected chi connectivity index (χ3v) is 6.64. The molecule has 1 aromatic rings. The molecule has 1 unspecified atom stereocenters. The lowest BCUT2D eigenvalue weighted by atomic mass is 10.0. The van der Waals surface area contributed by atoms with Gasteiger partial charge in [0.2, 0.25) is 10.0 Å². The molecule has 1 aliphatic heterocycles. The summed E-state index contributed by atoms with van der Waals surface area (Å²) in [5, 5.41) is 0. The Bertz CT molecular complexity index is 613. The molecule has 3 nitrogen and oxygen atoms in total. The highest BCUT2D eigenvalue weighted by molar-refractivity contribution is 7.89. The quantitative estimate of drug-likeness (QED) is 0.769. The molecule has 0 saturated carbocycles. The van der Waals surface area contributed by atoms with Crippen LogP contribution in [0.25, 0.3) is 0 Å². The highest BCUT2D eigenvalue weighted by Crippen LogP contribution is 2.30. The van der Waals surface area contributed by atoms with Crippen LogP contribution in [-0.4, -0.2) is 25.8 Å². The summed E-state index contributed by atoms with van der Waals surface area (Å²) in [7, 11) is -3.40. The number of aryl methyl sites for hydroxylation is 2. The molecule has 1 aliphatic rings. The third kappa shape index (κ3) is 3.43. The molecule has 5 heteroatoms. The van der Waals surface area contributed by atoms with Gasteiger partial charge in [-0.25, -0.2) is 8.42 Å². The minimum atomic E-state index is -3.40. The predicted molar refractivity (Wildman–Crippen MR) is 87.2 cm³/mol. The monoisotopic (exact) mass is 329 g/mol. The third-order valence-electron chi connectivity index (χ3n) is 4.34. The van der Waals surface area contributed by atoms with Crippen molar-refractivity contribution in [1.82, 2.24) is 4.31 Å². The molecule has 118 valence electrons. The topological polar surface area (TPSA) is 37.4 Å². The van der Waals surface area contributed by atoms with E-state index in [0.717, 1.165) is 36.0 Å². The molecule has 1 saturated heterocycles. The maximum atomic E-state index is 12.9. The van der Waals surface area contributed by atoms with Gasteiger partial charge in [0.1, 0.15) is 0 Å². The molecule has 1 aromatic carbocycles. The number of benzene rings is 1. The second-order valence-electron chi connectivity index (χ2n) is 5.98. The summed E-state index contributed by atoms with van der Waals surface area (Å²) >= 11 is 5.92. The van der Waals surface area contributed by atoms with Gasteiger partial charge in [-0.2, -0.15) is 4.31 Å². The number of sulfonamides is 1. The first-order valence-corrected chi connectivity index (χ1v) is 9.53. The first-order chi connectivity index (χ1) is 9.90. The molecule has 0 N–H and O–H groups in total. The SMILES string of the molecule is CCCC1CCN(S(=O)(=O)c2cc(CCl)c(C)cc2C)C1. The van der Waals surface area contributed by atoms with E-state index in [9.17, 15) is 8.42 Å². The van der Waals surface area contributed by atoms with Crippen molar-refractivity contribution in [2.24, 2.45) is 5.92 Å². The Morgan fingerprint density at radius 3 is 2.62 bits per heavy atom. The maximum Gasteiger partial charge on any atom is 0.243 e. The van der Waals surface area contributed by atoms with Gasteiger partial charge in [-0.3, -0.25) is 0 Å². The predicted octanol–water partition coefficient (Wildman–Crippen LogP) is 3.85. The van der Waals surface area contributed by atoms with Crippen molar-refractivity contribution in [3.8, 4) is 0 Å². The molecular formula is C16H24ClNO2S. The van der Waals surface area contributed by atoms with Crippen LogP contribution >= 0.6 is 11.6 Å². The zero-order valence-corrected chi connectivity index (χ0v) is 14.6. The summed E-state index contributed by atoms with van der Waals surface area (Å²) in [6, 6.07) is 3.67. The van der Waals surface area contributed by atoms with Gasteiger partial charge >= 0.3 is 0 Å². The van der Waals surface area contributed by atoms with Crippen molar-refractivity contribution in [1.29, 1.82) is 0 Å². The lowest BCUT2D eigenvalue weighted by molar-refractivity contribution is 0.444. The van der Waals surface area contributed by atoms with Crippen molar-refractivity contribution in [2.75, 3.05) is 13.1 Å². The molecule has 0 spiro atoms. The second kappa shape index (κ2) is 6.67. The minimum Gasteiger partial charge on any atom is -0.207 e. The lowest BCUT2D eigenvalue weighted by Gasteiger charge is -2.19. The Morgan fingerprint density at radius 1 is 1.29 bits per heavy atom. The van der Waals surface area contributed by atoms with E-state index in [2.05, 4.69) is 6.92 Å². The van der Waals surface area contributed by atoms with Gasteiger partial charge in [0, 0.05) is 19.0 Å². The Morgan fingerprint density at radius 2 is 2.00 bits per heavy atom. The van der Waals surface area contributed by atoms with Gasteiger partial charge < -0.3 is 0 Å². The largest absolute Gasteiger partial charge is 0.243 e. The number of nitrogens with zero attached hydrogens (tertiary/aromatic N) is 1. The van der Waals surface area contributed by atoms with Gasteiger partial charge in [0.05, 0.1) is 4.90 Å². The molecule has 0 bridgehead atoms. The molecule has 0 aromatic heterocycles. The molecule has 1 heterocycles. The first kappa shape index (κ1) is 16.8. The van der Waals surface area contributed by atoms with E-state index in [1.807, 2.05) is 19.9 Å². The Hall–Kier alpha value is -0.580. The number of rotatable bonds is 5. The van der Waals surface area contributed by atoms with Crippen LogP contribution in [0.1, 0.15) is 42.9 Å². The molecule has 21 heavy (non-hydrogen) atoms. The minimum absolute atomic E-state index is 0.340. The summed E-state index contributed by atoms with van der Waals surface area (Å²) in [6.45, 7) is 7.26. The van der Waals surface area contributed by atoms with Gasteiger partial charge in [0.15, 0.2) is 0 Å². The standard InChI is InChI=1S/C16H24ClNO2S/c1-4-5-14-6-7-18(11-14)21(19,20)16-9-15(10-17)12(2)8-13(16)3/h8-9,14H,4-7,10-11H2,1-3H3. The molecule has 1 fully saturated rings.